The van der Waals surface area contributed by atoms with Gasteiger partial charge in [0.1, 0.15) is 11.9 Å². The fourth-order valence-corrected chi connectivity index (χ4v) is 2.12. The minimum atomic E-state index is -0.403. The molecule has 1 saturated heterocycles. The third-order valence-corrected chi connectivity index (χ3v) is 3.12. The second-order valence-electron chi connectivity index (χ2n) is 4.43. The number of hydrogen-bond donors (Lipinski definition) is 1. The average Bonchev–Trinajstić information content (AvgIpc) is 2.92. The molecule has 1 aromatic rings. The van der Waals surface area contributed by atoms with Crippen molar-refractivity contribution in [1.82, 2.24) is 10.3 Å². The van der Waals surface area contributed by atoms with E-state index in [1.807, 2.05) is 6.92 Å². The highest BCUT2D eigenvalue weighted by atomic mass is 16.5. The van der Waals surface area contributed by atoms with Gasteiger partial charge in [-0.1, -0.05) is 0 Å². The zero-order valence-electron chi connectivity index (χ0n) is 10.7. The largest absolute Gasteiger partial charge is 0.487 e. The number of aromatic nitrogens is 1. The van der Waals surface area contributed by atoms with Gasteiger partial charge in [0.2, 0.25) is 0 Å². The first kappa shape index (κ1) is 12.8. The summed E-state index contributed by atoms with van der Waals surface area (Å²) in [4.78, 5) is 15.4. The molecule has 2 rings (SSSR count). The lowest BCUT2D eigenvalue weighted by atomic mass is 10.1. The summed E-state index contributed by atoms with van der Waals surface area (Å²) in [6.07, 6.45) is 5.43. The fraction of sp³-hybridized carbons (Fsp3) is 0.538. The van der Waals surface area contributed by atoms with Crippen molar-refractivity contribution in [3.63, 3.8) is 0 Å². The summed E-state index contributed by atoms with van der Waals surface area (Å²) < 4.78 is 10.4. The summed E-state index contributed by atoms with van der Waals surface area (Å²) in [7, 11) is 1.35. The molecule has 1 aliphatic rings. The van der Waals surface area contributed by atoms with Gasteiger partial charge >= 0.3 is 5.97 Å². The highest BCUT2D eigenvalue weighted by molar-refractivity contribution is 5.89. The van der Waals surface area contributed by atoms with Crippen LogP contribution < -0.4 is 10.1 Å². The summed E-state index contributed by atoms with van der Waals surface area (Å²) in [6, 6.07) is 2.02. The molecule has 2 unspecified atom stereocenters. The van der Waals surface area contributed by atoms with Crippen LogP contribution in [0.15, 0.2) is 18.5 Å². The highest BCUT2D eigenvalue weighted by Gasteiger charge is 2.22. The normalized spacial score (nSPS) is 20.4. The number of esters is 1. The molecular formula is C13H18N2O3. The molecule has 0 bridgehead atoms. The lowest BCUT2D eigenvalue weighted by Gasteiger charge is -2.21. The predicted octanol–water partition coefficient (Wildman–Crippen LogP) is 1.39. The van der Waals surface area contributed by atoms with Crippen LogP contribution in [0.25, 0.3) is 0 Å². The van der Waals surface area contributed by atoms with Crippen LogP contribution in [0.4, 0.5) is 0 Å². The Morgan fingerprint density at radius 2 is 2.39 bits per heavy atom. The number of carbonyl (C=O) groups excluding carboxylic acids is 1. The van der Waals surface area contributed by atoms with E-state index in [1.165, 1.54) is 19.7 Å². The molecule has 1 N–H and O–H groups in total. The van der Waals surface area contributed by atoms with E-state index in [2.05, 4.69) is 15.0 Å². The minimum absolute atomic E-state index is 0.0576. The topological polar surface area (TPSA) is 60.5 Å². The standard InChI is InChI=1S/C13H18N2O3/c1-9(12-4-3-5-15-12)18-11-6-10(7-14-8-11)13(16)17-2/h6-9,12,15H,3-5H2,1-2H3. The lowest BCUT2D eigenvalue weighted by molar-refractivity contribution is 0.0599. The number of rotatable bonds is 4. The van der Waals surface area contributed by atoms with Crippen molar-refractivity contribution in [2.24, 2.45) is 0 Å². The molecule has 0 aromatic carbocycles. The van der Waals surface area contributed by atoms with Gasteiger partial charge in [0.05, 0.1) is 18.9 Å². The van der Waals surface area contributed by atoms with Gasteiger partial charge in [0.25, 0.3) is 0 Å². The summed E-state index contributed by atoms with van der Waals surface area (Å²) in [5, 5.41) is 3.39. The highest BCUT2D eigenvalue weighted by Crippen LogP contribution is 2.18. The molecule has 1 aliphatic heterocycles. The van der Waals surface area contributed by atoms with Crippen LogP contribution in [0.2, 0.25) is 0 Å². The summed E-state index contributed by atoms with van der Waals surface area (Å²) in [5.41, 5.74) is 0.404. The Kier molecular flexibility index (Phi) is 4.15. The Labute approximate surface area is 107 Å². The first-order valence-electron chi connectivity index (χ1n) is 6.14. The molecule has 0 aliphatic carbocycles. The predicted molar refractivity (Wildman–Crippen MR) is 66.7 cm³/mol. The van der Waals surface area contributed by atoms with Crippen molar-refractivity contribution in [2.75, 3.05) is 13.7 Å². The number of carbonyl (C=O) groups is 1. The van der Waals surface area contributed by atoms with Crippen LogP contribution in [0.3, 0.4) is 0 Å². The van der Waals surface area contributed by atoms with E-state index in [0.29, 0.717) is 17.4 Å². The summed E-state index contributed by atoms with van der Waals surface area (Å²) >= 11 is 0. The number of ether oxygens (including phenoxy) is 2. The third kappa shape index (κ3) is 2.98. The Balaban J connectivity index is 2.02. The molecule has 5 heteroatoms. The zero-order valence-corrected chi connectivity index (χ0v) is 10.7. The lowest BCUT2D eigenvalue weighted by Crippen LogP contribution is -2.36. The van der Waals surface area contributed by atoms with Crippen LogP contribution in [-0.2, 0) is 4.74 Å². The average molecular weight is 250 g/mol. The van der Waals surface area contributed by atoms with Gasteiger partial charge in [-0.25, -0.2) is 4.79 Å². The van der Waals surface area contributed by atoms with E-state index >= 15 is 0 Å². The molecule has 0 saturated carbocycles. The molecule has 5 nitrogen and oxygen atoms in total. The summed E-state index contributed by atoms with van der Waals surface area (Å²) in [6.45, 7) is 3.06. The van der Waals surface area contributed by atoms with Gasteiger partial charge in [0, 0.05) is 12.2 Å². The number of nitrogens with zero attached hydrogens (tertiary/aromatic N) is 1. The SMILES string of the molecule is COC(=O)c1cncc(OC(C)C2CCCN2)c1. The maximum atomic E-state index is 11.4. The van der Waals surface area contributed by atoms with Gasteiger partial charge in [-0.05, 0) is 32.4 Å². The van der Waals surface area contributed by atoms with E-state index in [4.69, 9.17) is 4.74 Å². The number of nitrogens with one attached hydrogen (secondary N) is 1. The van der Waals surface area contributed by atoms with Crippen molar-refractivity contribution < 1.29 is 14.3 Å². The van der Waals surface area contributed by atoms with Crippen LogP contribution in [-0.4, -0.2) is 36.8 Å². The number of pyridine rings is 1. The monoisotopic (exact) mass is 250 g/mol. The molecule has 1 fully saturated rings. The smallest absolute Gasteiger partial charge is 0.339 e. The van der Waals surface area contributed by atoms with Crippen LogP contribution >= 0.6 is 0 Å². The van der Waals surface area contributed by atoms with E-state index in [9.17, 15) is 4.79 Å². The molecular weight excluding hydrogens is 232 g/mol. The Morgan fingerprint density at radius 1 is 1.56 bits per heavy atom. The van der Waals surface area contributed by atoms with Gasteiger partial charge in [-0.2, -0.15) is 0 Å². The van der Waals surface area contributed by atoms with Crippen molar-refractivity contribution in [1.29, 1.82) is 0 Å². The number of hydrogen-bond acceptors (Lipinski definition) is 5. The minimum Gasteiger partial charge on any atom is -0.487 e. The molecule has 98 valence electrons. The second kappa shape index (κ2) is 5.82. The van der Waals surface area contributed by atoms with E-state index in [1.54, 1.807) is 12.3 Å². The molecule has 2 heterocycles. The van der Waals surface area contributed by atoms with Gasteiger partial charge in [-0.15, -0.1) is 0 Å². The van der Waals surface area contributed by atoms with Crippen molar-refractivity contribution >= 4 is 5.97 Å². The van der Waals surface area contributed by atoms with Gasteiger partial charge < -0.3 is 14.8 Å². The molecule has 2 atom stereocenters. The van der Waals surface area contributed by atoms with Crippen LogP contribution in [0.5, 0.6) is 5.75 Å². The first-order valence-corrected chi connectivity index (χ1v) is 6.14. The first-order chi connectivity index (χ1) is 8.70. The Bertz CT molecular complexity index is 416. The molecule has 0 amide bonds. The van der Waals surface area contributed by atoms with Crippen molar-refractivity contribution in [2.45, 2.75) is 31.9 Å². The quantitative estimate of drug-likeness (QED) is 0.818. The maximum Gasteiger partial charge on any atom is 0.339 e. The van der Waals surface area contributed by atoms with E-state index in [-0.39, 0.29) is 6.10 Å². The van der Waals surface area contributed by atoms with Crippen molar-refractivity contribution in [3.05, 3.63) is 24.0 Å². The van der Waals surface area contributed by atoms with Crippen LogP contribution in [0.1, 0.15) is 30.1 Å². The van der Waals surface area contributed by atoms with E-state index < -0.39 is 5.97 Å². The maximum absolute atomic E-state index is 11.4. The Morgan fingerprint density at radius 3 is 3.06 bits per heavy atom. The molecule has 0 radical (unpaired) electrons. The molecule has 1 aromatic heterocycles. The molecule has 0 spiro atoms. The Hall–Kier alpha value is -1.62. The second-order valence-corrected chi connectivity index (χ2v) is 4.43. The number of methoxy groups -OCH3 is 1. The summed E-state index contributed by atoms with van der Waals surface area (Å²) in [5.74, 6) is 0.193. The van der Waals surface area contributed by atoms with Gasteiger partial charge in [0.15, 0.2) is 0 Å². The zero-order chi connectivity index (χ0) is 13.0. The molecule has 18 heavy (non-hydrogen) atoms. The van der Waals surface area contributed by atoms with Crippen LogP contribution in [0, 0.1) is 0 Å². The van der Waals surface area contributed by atoms with Gasteiger partial charge in [-0.3, -0.25) is 4.98 Å². The fourth-order valence-electron chi connectivity index (χ4n) is 2.12. The third-order valence-electron chi connectivity index (χ3n) is 3.12. The van der Waals surface area contributed by atoms with Crippen molar-refractivity contribution in [3.8, 4) is 5.75 Å². The van der Waals surface area contributed by atoms with E-state index in [0.717, 1.165) is 13.0 Å².